The standard InChI is InChI=1S/C34H45N3O5S/c1-6-26(3)35-34(39)32(24-28-13-9-8-10-14-28)36(25-29-15-11-16-31(23-29)42-4)33(38)17-12-22-37(43(5,40)41)30-20-18-27(7-2)19-21-30/h8-11,13-16,18-21,23,26,32H,6-7,12,17,22,24-25H2,1-5H3,(H,35,39). The molecule has 1 N–H and O–H groups in total. The van der Waals surface area contributed by atoms with Crippen molar-refractivity contribution in [3.8, 4) is 5.75 Å². The Morgan fingerprint density at radius 3 is 2.19 bits per heavy atom. The van der Waals surface area contributed by atoms with E-state index in [4.69, 9.17) is 4.74 Å². The lowest BCUT2D eigenvalue weighted by atomic mass is 10.0. The average molecular weight is 608 g/mol. The second-order valence-corrected chi connectivity index (χ2v) is 12.8. The maximum atomic E-state index is 14.0. The van der Waals surface area contributed by atoms with Crippen molar-refractivity contribution in [2.24, 2.45) is 0 Å². The highest BCUT2D eigenvalue weighted by Crippen LogP contribution is 2.22. The van der Waals surface area contributed by atoms with Crippen LogP contribution in [0, 0.1) is 0 Å². The van der Waals surface area contributed by atoms with Gasteiger partial charge in [0.25, 0.3) is 0 Å². The first kappa shape index (κ1) is 33.6. The first-order chi connectivity index (χ1) is 20.5. The van der Waals surface area contributed by atoms with Crippen LogP contribution in [0.4, 0.5) is 5.69 Å². The number of amides is 2. The zero-order valence-corrected chi connectivity index (χ0v) is 26.8. The first-order valence-electron chi connectivity index (χ1n) is 14.9. The quantitative estimate of drug-likeness (QED) is 0.237. The molecule has 0 fully saturated rings. The minimum atomic E-state index is -3.57. The molecule has 43 heavy (non-hydrogen) atoms. The number of methoxy groups -OCH3 is 1. The third kappa shape index (κ3) is 10.1. The van der Waals surface area contributed by atoms with Crippen LogP contribution < -0.4 is 14.4 Å². The summed E-state index contributed by atoms with van der Waals surface area (Å²) in [7, 11) is -1.98. The smallest absolute Gasteiger partial charge is 0.243 e. The van der Waals surface area contributed by atoms with E-state index in [0.29, 0.717) is 24.3 Å². The van der Waals surface area contributed by atoms with Crippen LogP contribution in [0.2, 0.25) is 0 Å². The fourth-order valence-corrected chi connectivity index (χ4v) is 5.83. The van der Waals surface area contributed by atoms with Gasteiger partial charge in [0.2, 0.25) is 21.8 Å². The molecule has 3 rings (SSSR count). The molecule has 0 spiro atoms. The van der Waals surface area contributed by atoms with Crippen molar-refractivity contribution in [2.45, 2.75) is 71.5 Å². The van der Waals surface area contributed by atoms with E-state index in [2.05, 4.69) is 5.32 Å². The van der Waals surface area contributed by atoms with Gasteiger partial charge in [-0.05, 0) is 67.1 Å². The number of sulfonamides is 1. The maximum Gasteiger partial charge on any atom is 0.243 e. The molecule has 2 unspecified atom stereocenters. The molecule has 3 aromatic carbocycles. The number of aryl methyl sites for hydroxylation is 1. The minimum Gasteiger partial charge on any atom is -0.497 e. The van der Waals surface area contributed by atoms with Gasteiger partial charge in [-0.3, -0.25) is 13.9 Å². The van der Waals surface area contributed by atoms with Gasteiger partial charge in [0.15, 0.2) is 0 Å². The summed E-state index contributed by atoms with van der Waals surface area (Å²) in [6.45, 7) is 6.33. The Hall–Kier alpha value is -3.85. The number of ether oxygens (including phenoxy) is 1. The average Bonchev–Trinajstić information content (AvgIpc) is 3.00. The molecule has 232 valence electrons. The predicted octanol–water partition coefficient (Wildman–Crippen LogP) is 5.36. The minimum absolute atomic E-state index is 0.0537. The van der Waals surface area contributed by atoms with E-state index in [-0.39, 0.29) is 37.4 Å². The Kier molecular flexibility index (Phi) is 12.6. The van der Waals surface area contributed by atoms with Crippen molar-refractivity contribution < 1.29 is 22.7 Å². The van der Waals surface area contributed by atoms with Crippen molar-refractivity contribution in [1.29, 1.82) is 0 Å². The zero-order valence-electron chi connectivity index (χ0n) is 26.0. The molecule has 0 saturated heterocycles. The molecule has 0 aliphatic carbocycles. The maximum absolute atomic E-state index is 14.0. The van der Waals surface area contributed by atoms with Crippen molar-refractivity contribution >= 4 is 27.5 Å². The molecule has 0 radical (unpaired) electrons. The molecule has 0 aromatic heterocycles. The zero-order chi connectivity index (χ0) is 31.4. The molecule has 8 nitrogen and oxygen atoms in total. The molecule has 0 saturated carbocycles. The molecule has 0 aliphatic rings. The summed E-state index contributed by atoms with van der Waals surface area (Å²) in [5.41, 5.74) is 3.45. The van der Waals surface area contributed by atoms with Gasteiger partial charge in [-0.15, -0.1) is 0 Å². The third-order valence-corrected chi connectivity index (χ3v) is 8.74. The van der Waals surface area contributed by atoms with Crippen LogP contribution in [-0.2, 0) is 39.0 Å². The molecule has 0 aliphatic heterocycles. The lowest BCUT2D eigenvalue weighted by Crippen LogP contribution is -2.52. The number of nitrogens with zero attached hydrogens (tertiary/aromatic N) is 2. The van der Waals surface area contributed by atoms with Crippen LogP contribution in [0.15, 0.2) is 78.9 Å². The molecular formula is C34H45N3O5S. The van der Waals surface area contributed by atoms with E-state index in [1.165, 1.54) is 10.6 Å². The van der Waals surface area contributed by atoms with E-state index < -0.39 is 16.1 Å². The highest BCUT2D eigenvalue weighted by atomic mass is 32.2. The van der Waals surface area contributed by atoms with Crippen LogP contribution in [0.3, 0.4) is 0 Å². The first-order valence-corrected chi connectivity index (χ1v) is 16.7. The normalized spacial score (nSPS) is 12.7. The fourth-order valence-electron chi connectivity index (χ4n) is 4.86. The molecule has 3 aromatic rings. The Morgan fingerprint density at radius 1 is 0.907 bits per heavy atom. The van der Waals surface area contributed by atoms with E-state index >= 15 is 0 Å². The van der Waals surface area contributed by atoms with Gasteiger partial charge in [0, 0.05) is 32.0 Å². The Bertz CT molecular complexity index is 1430. The number of hydrogen-bond acceptors (Lipinski definition) is 5. The van der Waals surface area contributed by atoms with Crippen molar-refractivity contribution in [1.82, 2.24) is 10.2 Å². The van der Waals surface area contributed by atoms with Gasteiger partial charge in [-0.2, -0.15) is 0 Å². The summed E-state index contributed by atoms with van der Waals surface area (Å²) in [5, 5.41) is 3.07. The third-order valence-electron chi connectivity index (χ3n) is 7.54. The van der Waals surface area contributed by atoms with E-state index in [9.17, 15) is 18.0 Å². The van der Waals surface area contributed by atoms with E-state index in [1.54, 1.807) is 24.1 Å². The highest BCUT2D eigenvalue weighted by molar-refractivity contribution is 7.92. The van der Waals surface area contributed by atoms with Gasteiger partial charge >= 0.3 is 0 Å². The number of carbonyl (C=O) groups is 2. The number of anilines is 1. The van der Waals surface area contributed by atoms with E-state index in [0.717, 1.165) is 29.5 Å². The summed E-state index contributed by atoms with van der Waals surface area (Å²) in [6, 6.07) is 23.7. The number of benzene rings is 3. The summed E-state index contributed by atoms with van der Waals surface area (Å²) >= 11 is 0. The molecule has 0 bridgehead atoms. The number of rotatable bonds is 16. The second-order valence-electron chi connectivity index (χ2n) is 10.9. The summed E-state index contributed by atoms with van der Waals surface area (Å²) in [6.07, 6.45) is 3.50. The Morgan fingerprint density at radius 2 is 1.58 bits per heavy atom. The molecule has 9 heteroatoms. The van der Waals surface area contributed by atoms with Crippen LogP contribution in [0.5, 0.6) is 5.75 Å². The van der Waals surface area contributed by atoms with Crippen molar-refractivity contribution in [3.63, 3.8) is 0 Å². The molecule has 0 heterocycles. The molecule has 2 atom stereocenters. The van der Waals surface area contributed by atoms with Crippen LogP contribution in [0.1, 0.15) is 56.7 Å². The van der Waals surface area contributed by atoms with Crippen molar-refractivity contribution in [2.75, 3.05) is 24.2 Å². The number of nitrogens with one attached hydrogen (secondary N) is 1. The molecule has 2 amide bonds. The van der Waals surface area contributed by atoms with Crippen molar-refractivity contribution in [3.05, 3.63) is 95.6 Å². The summed E-state index contributed by atoms with van der Waals surface area (Å²) in [5.74, 6) is 0.215. The highest BCUT2D eigenvalue weighted by Gasteiger charge is 2.31. The molecular weight excluding hydrogens is 562 g/mol. The Labute approximate surface area is 257 Å². The number of hydrogen-bond donors (Lipinski definition) is 1. The van der Waals surface area contributed by atoms with Gasteiger partial charge in [0.1, 0.15) is 11.8 Å². The van der Waals surface area contributed by atoms with Gasteiger partial charge in [0.05, 0.1) is 19.1 Å². The number of carbonyl (C=O) groups excluding carboxylic acids is 2. The van der Waals surface area contributed by atoms with Crippen LogP contribution in [0.25, 0.3) is 0 Å². The lowest BCUT2D eigenvalue weighted by molar-refractivity contribution is -0.141. The largest absolute Gasteiger partial charge is 0.497 e. The van der Waals surface area contributed by atoms with Gasteiger partial charge in [-0.25, -0.2) is 8.42 Å². The topological polar surface area (TPSA) is 96.0 Å². The summed E-state index contributed by atoms with van der Waals surface area (Å²) < 4.78 is 32.1. The van der Waals surface area contributed by atoms with Crippen LogP contribution >= 0.6 is 0 Å². The van der Waals surface area contributed by atoms with Gasteiger partial charge in [-0.1, -0.05) is 68.4 Å². The predicted molar refractivity (Wildman–Crippen MR) is 173 cm³/mol. The van der Waals surface area contributed by atoms with Crippen LogP contribution in [-0.4, -0.2) is 57.1 Å². The Balaban J connectivity index is 1.90. The van der Waals surface area contributed by atoms with E-state index in [1.807, 2.05) is 87.5 Å². The second kappa shape index (κ2) is 16.1. The fraction of sp³-hybridized carbons (Fsp3) is 0.412. The SMILES string of the molecule is CCc1ccc(N(CCCC(=O)N(Cc2cccc(OC)c2)C(Cc2ccccc2)C(=O)NC(C)CC)S(C)(=O)=O)cc1. The monoisotopic (exact) mass is 607 g/mol. The lowest BCUT2D eigenvalue weighted by Gasteiger charge is -2.33. The van der Waals surface area contributed by atoms with Gasteiger partial charge < -0.3 is 15.0 Å². The summed E-state index contributed by atoms with van der Waals surface area (Å²) in [4.78, 5) is 29.3.